The van der Waals surface area contributed by atoms with Crippen LogP contribution in [0.1, 0.15) is 26.2 Å². The van der Waals surface area contributed by atoms with Crippen molar-refractivity contribution in [3.8, 4) is 0 Å². The van der Waals surface area contributed by atoms with Crippen LogP contribution in [0.5, 0.6) is 0 Å². The third-order valence-corrected chi connectivity index (χ3v) is 3.24. The van der Waals surface area contributed by atoms with Gasteiger partial charge >= 0.3 is 0 Å². The molecule has 1 heterocycles. The van der Waals surface area contributed by atoms with Crippen molar-refractivity contribution < 1.29 is 9.59 Å². The van der Waals surface area contributed by atoms with Crippen molar-refractivity contribution in [3.05, 3.63) is 0 Å². The molecule has 0 bridgehead atoms. The van der Waals surface area contributed by atoms with Crippen molar-refractivity contribution in [3.63, 3.8) is 0 Å². The van der Waals surface area contributed by atoms with Gasteiger partial charge in [-0.15, -0.1) is 0 Å². The van der Waals surface area contributed by atoms with E-state index in [1.54, 1.807) is 0 Å². The fourth-order valence-electron chi connectivity index (χ4n) is 2.06. The van der Waals surface area contributed by atoms with Crippen LogP contribution in [0.2, 0.25) is 0 Å². The Morgan fingerprint density at radius 3 is 2.44 bits per heavy atom. The fourth-order valence-corrected chi connectivity index (χ4v) is 2.06. The minimum Gasteiger partial charge on any atom is -0.353 e. The molecule has 1 rings (SSSR count). The van der Waals surface area contributed by atoms with Crippen LogP contribution in [-0.2, 0) is 9.59 Å². The van der Waals surface area contributed by atoms with E-state index in [2.05, 4.69) is 22.5 Å². The number of nitrogens with one attached hydrogen (secondary N) is 2. The van der Waals surface area contributed by atoms with Crippen LogP contribution < -0.4 is 16.4 Å². The summed E-state index contributed by atoms with van der Waals surface area (Å²) in [5, 5.41) is 5.27. The van der Waals surface area contributed by atoms with Crippen molar-refractivity contribution in [1.82, 2.24) is 15.5 Å². The molecule has 0 saturated carbocycles. The molecule has 1 aliphatic rings. The molecule has 18 heavy (non-hydrogen) atoms. The summed E-state index contributed by atoms with van der Waals surface area (Å²) in [6.45, 7) is 4.88. The lowest BCUT2D eigenvalue weighted by atomic mass is 10.1. The highest BCUT2D eigenvalue weighted by Crippen LogP contribution is 2.11. The summed E-state index contributed by atoms with van der Waals surface area (Å²) in [4.78, 5) is 24.7. The number of nitrogens with two attached hydrogens (primary N) is 1. The predicted octanol–water partition coefficient (Wildman–Crippen LogP) is -0.948. The normalized spacial score (nSPS) is 18.1. The molecular weight excluding hydrogens is 232 g/mol. The molecule has 0 aliphatic carbocycles. The first-order chi connectivity index (χ1) is 8.63. The van der Waals surface area contributed by atoms with Crippen LogP contribution in [0.4, 0.5) is 0 Å². The van der Waals surface area contributed by atoms with Gasteiger partial charge in [0.2, 0.25) is 11.8 Å². The van der Waals surface area contributed by atoms with Crippen molar-refractivity contribution in [2.45, 2.75) is 32.2 Å². The zero-order valence-electron chi connectivity index (χ0n) is 11.1. The van der Waals surface area contributed by atoms with Crippen molar-refractivity contribution in [1.29, 1.82) is 0 Å². The van der Waals surface area contributed by atoms with Crippen LogP contribution >= 0.6 is 0 Å². The van der Waals surface area contributed by atoms with Gasteiger partial charge in [-0.05, 0) is 32.9 Å². The van der Waals surface area contributed by atoms with Crippen LogP contribution in [0.25, 0.3) is 0 Å². The first kappa shape index (κ1) is 14.9. The SMILES string of the molecule is CC(CNC(=O)CNC(=O)CN)N1CCCCC1. The number of amides is 2. The maximum Gasteiger partial charge on any atom is 0.239 e. The third-order valence-electron chi connectivity index (χ3n) is 3.24. The molecule has 2 amide bonds. The Morgan fingerprint density at radius 1 is 1.17 bits per heavy atom. The zero-order chi connectivity index (χ0) is 13.4. The molecule has 6 heteroatoms. The van der Waals surface area contributed by atoms with Crippen LogP contribution in [0.15, 0.2) is 0 Å². The second-order valence-corrected chi connectivity index (χ2v) is 4.73. The van der Waals surface area contributed by atoms with Crippen molar-refractivity contribution >= 4 is 11.8 Å². The number of rotatable bonds is 6. The van der Waals surface area contributed by atoms with Crippen LogP contribution in [0, 0.1) is 0 Å². The Bertz CT molecular complexity index is 277. The molecule has 1 fully saturated rings. The van der Waals surface area contributed by atoms with Gasteiger partial charge in [0, 0.05) is 12.6 Å². The van der Waals surface area contributed by atoms with Gasteiger partial charge in [0.25, 0.3) is 0 Å². The van der Waals surface area contributed by atoms with Gasteiger partial charge in [-0.2, -0.15) is 0 Å². The molecule has 1 unspecified atom stereocenters. The van der Waals surface area contributed by atoms with Gasteiger partial charge in [-0.25, -0.2) is 0 Å². The maximum atomic E-state index is 11.5. The average Bonchev–Trinajstić information content (AvgIpc) is 2.42. The Kier molecular flexibility index (Phi) is 6.67. The lowest BCUT2D eigenvalue weighted by molar-refractivity contribution is -0.125. The molecule has 0 spiro atoms. The summed E-state index contributed by atoms with van der Waals surface area (Å²) in [5.74, 6) is -0.477. The maximum absolute atomic E-state index is 11.5. The lowest BCUT2D eigenvalue weighted by Gasteiger charge is -2.32. The van der Waals surface area contributed by atoms with E-state index in [1.807, 2.05) is 0 Å². The minimum absolute atomic E-state index is 0.00273. The van der Waals surface area contributed by atoms with Crippen LogP contribution in [0.3, 0.4) is 0 Å². The largest absolute Gasteiger partial charge is 0.353 e. The highest BCUT2D eigenvalue weighted by Gasteiger charge is 2.16. The number of nitrogens with zero attached hydrogens (tertiary/aromatic N) is 1. The van der Waals surface area contributed by atoms with Gasteiger partial charge < -0.3 is 16.4 Å². The molecule has 0 aromatic rings. The van der Waals surface area contributed by atoms with E-state index in [-0.39, 0.29) is 24.9 Å². The summed E-state index contributed by atoms with van der Waals surface area (Å²) in [6.07, 6.45) is 3.79. The summed E-state index contributed by atoms with van der Waals surface area (Å²) >= 11 is 0. The smallest absolute Gasteiger partial charge is 0.239 e. The molecule has 0 radical (unpaired) electrons. The summed E-state index contributed by atoms with van der Waals surface area (Å²) in [5.41, 5.74) is 5.13. The van der Waals surface area contributed by atoms with Crippen LogP contribution in [-0.4, -0.2) is 55.5 Å². The molecule has 1 aliphatic heterocycles. The van der Waals surface area contributed by atoms with E-state index < -0.39 is 0 Å². The second kappa shape index (κ2) is 8.05. The predicted molar refractivity (Wildman–Crippen MR) is 70.0 cm³/mol. The molecule has 1 saturated heterocycles. The molecule has 6 nitrogen and oxygen atoms in total. The van der Waals surface area contributed by atoms with Gasteiger partial charge in [0.15, 0.2) is 0 Å². The topological polar surface area (TPSA) is 87.5 Å². The number of likely N-dealkylation sites (tertiary alicyclic amines) is 1. The van der Waals surface area contributed by atoms with Crippen molar-refractivity contribution in [2.24, 2.45) is 5.73 Å². The average molecular weight is 256 g/mol. The molecule has 0 aromatic carbocycles. The number of piperidine rings is 1. The lowest BCUT2D eigenvalue weighted by Crippen LogP contribution is -2.46. The van der Waals surface area contributed by atoms with Gasteiger partial charge in [0.05, 0.1) is 13.1 Å². The van der Waals surface area contributed by atoms with Gasteiger partial charge in [-0.1, -0.05) is 6.42 Å². The summed E-state index contributed by atoms with van der Waals surface area (Å²) < 4.78 is 0. The number of hydrogen-bond donors (Lipinski definition) is 3. The van der Waals surface area contributed by atoms with E-state index >= 15 is 0 Å². The standard InChI is InChI=1S/C12H24N4O2/c1-10(16-5-3-2-4-6-16)8-14-12(18)9-15-11(17)7-13/h10H,2-9,13H2,1H3,(H,14,18)(H,15,17). The van der Waals surface area contributed by atoms with E-state index in [4.69, 9.17) is 5.73 Å². The third kappa shape index (κ3) is 5.46. The second-order valence-electron chi connectivity index (χ2n) is 4.73. The highest BCUT2D eigenvalue weighted by atomic mass is 16.2. The minimum atomic E-state index is -0.311. The Morgan fingerprint density at radius 2 is 1.83 bits per heavy atom. The summed E-state index contributed by atoms with van der Waals surface area (Å²) in [6, 6.07) is 0.347. The number of carbonyl (C=O) groups is 2. The Hall–Kier alpha value is -1.14. The Balaban J connectivity index is 2.14. The molecule has 4 N–H and O–H groups in total. The van der Waals surface area contributed by atoms with E-state index in [9.17, 15) is 9.59 Å². The Labute approximate surface area is 108 Å². The summed E-state index contributed by atoms with van der Waals surface area (Å²) in [7, 11) is 0. The fraction of sp³-hybridized carbons (Fsp3) is 0.833. The quantitative estimate of drug-likeness (QED) is 0.572. The molecular formula is C12H24N4O2. The number of hydrogen-bond acceptors (Lipinski definition) is 4. The highest BCUT2D eigenvalue weighted by molar-refractivity contribution is 5.85. The monoisotopic (exact) mass is 256 g/mol. The molecule has 104 valence electrons. The first-order valence-corrected chi connectivity index (χ1v) is 6.61. The molecule has 1 atom stereocenters. The van der Waals surface area contributed by atoms with E-state index in [0.717, 1.165) is 13.1 Å². The van der Waals surface area contributed by atoms with E-state index in [0.29, 0.717) is 12.6 Å². The van der Waals surface area contributed by atoms with Gasteiger partial charge in [0.1, 0.15) is 0 Å². The van der Waals surface area contributed by atoms with Gasteiger partial charge in [-0.3, -0.25) is 14.5 Å². The first-order valence-electron chi connectivity index (χ1n) is 6.61. The zero-order valence-corrected chi connectivity index (χ0v) is 11.1. The molecule has 0 aromatic heterocycles. The van der Waals surface area contributed by atoms with E-state index in [1.165, 1.54) is 19.3 Å². The van der Waals surface area contributed by atoms with Crippen molar-refractivity contribution in [2.75, 3.05) is 32.7 Å². The number of carbonyl (C=O) groups excluding carboxylic acids is 2.